The Morgan fingerprint density at radius 2 is 1.71 bits per heavy atom. The molecule has 1 aliphatic heterocycles. The number of amides is 2. The van der Waals surface area contributed by atoms with Crippen LogP contribution in [-0.4, -0.2) is 35.8 Å². The Morgan fingerprint density at radius 1 is 1.05 bits per heavy atom. The minimum Gasteiger partial charge on any atom is -0.353 e. The van der Waals surface area contributed by atoms with Gasteiger partial charge in [-0.1, -0.05) is 18.2 Å². The Bertz CT molecular complexity index is 503. The van der Waals surface area contributed by atoms with Crippen LogP contribution in [0.25, 0.3) is 0 Å². The molecule has 0 atom stereocenters. The number of nitrogens with one attached hydrogen (secondary N) is 1. The fourth-order valence-electron chi connectivity index (χ4n) is 2.88. The molecule has 1 N–H and O–H groups in total. The van der Waals surface area contributed by atoms with E-state index in [-0.39, 0.29) is 11.8 Å². The second-order valence-electron chi connectivity index (χ2n) is 6.15. The fraction of sp³-hybridized carbons (Fsp3) is 0.529. The molecule has 1 aromatic carbocycles. The summed E-state index contributed by atoms with van der Waals surface area (Å²) in [6.07, 6.45) is 4.74. The van der Waals surface area contributed by atoms with Crippen molar-refractivity contribution in [1.29, 1.82) is 0 Å². The molecule has 2 amide bonds. The second kappa shape index (κ2) is 6.29. The van der Waals surface area contributed by atoms with Crippen molar-refractivity contribution < 1.29 is 9.59 Å². The smallest absolute Gasteiger partial charge is 0.253 e. The first kappa shape index (κ1) is 14.1. The van der Waals surface area contributed by atoms with Gasteiger partial charge in [-0.05, 0) is 43.7 Å². The van der Waals surface area contributed by atoms with E-state index < -0.39 is 0 Å². The molecule has 1 heterocycles. The van der Waals surface area contributed by atoms with Crippen molar-refractivity contribution in [1.82, 2.24) is 10.2 Å². The van der Waals surface area contributed by atoms with Gasteiger partial charge in [0.25, 0.3) is 5.91 Å². The van der Waals surface area contributed by atoms with Crippen LogP contribution in [0.1, 0.15) is 42.5 Å². The SMILES string of the molecule is O=C(CC1CCN(C(=O)c2ccccc2)CC1)NC1CC1. The number of hydrogen-bond donors (Lipinski definition) is 1. The minimum absolute atomic E-state index is 0.108. The van der Waals surface area contributed by atoms with Crippen LogP contribution < -0.4 is 5.32 Å². The number of rotatable bonds is 4. The summed E-state index contributed by atoms with van der Waals surface area (Å²) in [7, 11) is 0. The molecular formula is C17H22N2O2. The van der Waals surface area contributed by atoms with Crippen LogP contribution in [-0.2, 0) is 4.79 Å². The largest absolute Gasteiger partial charge is 0.353 e. The molecule has 21 heavy (non-hydrogen) atoms. The van der Waals surface area contributed by atoms with E-state index >= 15 is 0 Å². The van der Waals surface area contributed by atoms with Crippen molar-refractivity contribution in [3.8, 4) is 0 Å². The lowest BCUT2D eigenvalue weighted by molar-refractivity contribution is -0.122. The summed E-state index contributed by atoms with van der Waals surface area (Å²) in [5, 5.41) is 3.04. The van der Waals surface area contributed by atoms with E-state index in [0.29, 0.717) is 18.4 Å². The minimum atomic E-state index is 0.108. The molecule has 1 saturated heterocycles. The average molecular weight is 286 g/mol. The van der Waals surface area contributed by atoms with E-state index in [1.807, 2.05) is 35.2 Å². The number of hydrogen-bond acceptors (Lipinski definition) is 2. The van der Waals surface area contributed by atoms with Crippen molar-refractivity contribution in [2.45, 2.75) is 38.1 Å². The van der Waals surface area contributed by atoms with Crippen LogP contribution in [0.4, 0.5) is 0 Å². The summed E-state index contributed by atoms with van der Waals surface area (Å²) < 4.78 is 0. The quantitative estimate of drug-likeness (QED) is 0.922. The van der Waals surface area contributed by atoms with Gasteiger partial charge in [0.1, 0.15) is 0 Å². The maximum absolute atomic E-state index is 12.3. The zero-order valence-corrected chi connectivity index (χ0v) is 12.3. The normalized spacial score (nSPS) is 19.3. The number of likely N-dealkylation sites (tertiary alicyclic amines) is 1. The van der Waals surface area contributed by atoms with Crippen LogP contribution >= 0.6 is 0 Å². The van der Waals surface area contributed by atoms with Crippen LogP contribution in [0.5, 0.6) is 0 Å². The molecule has 1 saturated carbocycles. The maximum Gasteiger partial charge on any atom is 0.253 e. The Kier molecular flexibility index (Phi) is 4.23. The third-order valence-corrected chi connectivity index (χ3v) is 4.34. The first-order chi connectivity index (χ1) is 10.2. The molecular weight excluding hydrogens is 264 g/mol. The van der Waals surface area contributed by atoms with E-state index in [1.165, 1.54) is 0 Å². The van der Waals surface area contributed by atoms with Crippen molar-refractivity contribution >= 4 is 11.8 Å². The van der Waals surface area contributed by atoms with Crippen LogP contribution in [0.15, 0.2) is 30.3 Å². The number of carbonyl (C=O) groups excluding carboxylic acids is 2. The number of carbonyl (C=O) groups is 2. The van der Waals surface area contributed by atoms with Gasteiger partial charge in [-0.2, -0.15) is 0 Å². The first-order valence-electron chi connectivity index (χ1n) is 7.86. The maximum atomic E-state index is 12.3. The van der Waals surface area contributed by atoms with Gasteiger partial charge >= 0.3 is 0 Å². The second-order valence-corrected chi connectivity index (χ2v) is 6.15. The van der Waals surface area contributed by atoms with Crippen molar-refractivity contribution in [2.75, 3.05) is 13.1 Å². The van der Waals surface area contributed by atoms with E-state index in [0.717, 1.165) is 44.3 Å². The van der Waals surface area contributed by atoms with Gasteiger partial charge in [-0.25, -0.2) is 0 Å². The molecule has 0 unspecified atom stereocenters. The molecule has 2 aliphatic rings. The predicted molar refractivity (Wildman–Crippen MR) is 80.9 cm³/mol. The van der Waals surface area contributed by atoms with Gasteiger partial charge < -0.3 is 10.2 Å². The summed E-state index contributed by atoms with van der Waals surface area (Å²) in [4.78, 5) is 26.0. The Morgan fingerprint density at radius 3 is 2.33 bits per heavy atom. The van der Waals surface area contributed by atoms with E-state index in [9.17, 15) is 9.59 Å². The Labute approximate surface area is 125 Å². The zero-order chi connectivity index (χ0) is 14.7. The number of benzene rings is 1. The number of nitrogens with zero attached hydrogens (tertiary/aromatic N) is 1. The zero-order valence-electron chi connectivity index (χ0n) is 12.3. The van der Waals surface area contributed by atoms with Crippen LogP contribution in [0.3, 0.4) is 0 Å². The topological polar surface area (TPSA) is 49.4 Å². The summed E-state index contributed by atoms with van der Waals surface area (Å²) >= 11 is 0. The molecule has 1 aromatic rings. The van der Waals surface area contributed by atoms with Crippen molar-refractivity contribution in [3.05, 3.63) is 35.9 Å². The molecule has 0 bridgehead atoms. The van der Waals surface area contributed by atoms with Gasteiger partial charge in [0.2, 0.25) is 5.91 Å². The van der Waals surface area contributed by atoms with Gasteiger partial charge in [0.15, 0.2) is 0 Å². The molecule has 112 valence electrons. The molecule has 2 fully saturated rings. The van der Waals surface area contributed by atoms with E-state index in [1.54, 1.807) is 0 Å². The summed E-state index contributed by atoms with van der Waals surface area (Å²) in [5.74, 6) is 0.713. The lowest BCUT2D eigenvalue weighted by Crippen LogP contribution is -2.39. The van der Waals surface area contributed by atoms with Gasteiger partial charge in [0.05, 0.1) is 0 Å². The van der Waals surface area contributed by atoms with Gasteiger partial charge in [0, 0.05) is 31.1 Å². The lowest BCUT2D eigenvalue weighted by Gasteiger charge is -2.31. The standard InChI is InChI=1S/C17H22N2O2/c20-16(18-15-6-7-15)12-13-8-10-19(11-9-13)17(21)14-4-2-1-3-5-14/h1-5,13,15H,6-12H2,(H,18,20). The molecule has 1 aliphatic carbocycles. The van der Waals surface area contributed by atoms with Gasteiger partial charge in [-0.15, -0.1) is 0 Å². The summed E-state index contributed by atoms with van der Waals surface area (Å²) in [6.45, 7) is 1.52. The molecule has 4 nitrogen and oxygen atoms in total. The number of piperidine rings is 1. The molecule has 3 rings (SSSR count). The monoisotopic (exact) mass is 286 g/mol. The highest BCUT2D eigenvalue weighted by Gasteiger charge is 2.27. The third-order valence-electron chi connectivity index (χ3n) is 4.34. The highest BCUT2D eigenvalue weighted by atomic mass is 16.2. The molecule has 0 radical (unpaired) electrons. The fourth-order valence-corrected chi connectivity index (χ4v) is 2.88. The van der Waals surface area contributed by atoms with Crippen molar-refractivity contribution in [2.24, 2.45) is 5.92 Å². The highest BCUT2D eigenvalue weighted by Crippen LogP contribution is 2.23. The van der Waals surface area contributed by atoms with E-state index in [2.05, 4.69) is 5.32 Å². The molecule has 4 heteroatoms. The van der Waals surface area contributed by atoms with Crippen molar-refractivity contribution in [3.63, 3.8) is 0 Å². The predicted octanol–water partition coefficient (Wildman–Crippen LogP) is 2.21. The van der Waals surface area contributed by atoms with E-state index in [4.69, 9.17) is 0 Å². The highest BCUT2D eigenvalue weighted by molar-refractivity contribution is 5.94. The molecule has 0 spiro atoms. The third kappa shape index (κ3) is 3.84. The Hall–Kier alpha value is -1.84. The Balaban J connectivity index is 1.46. The first-order valence-corrected chi connectivity index (χ1v) is 7.86. The summed E-state index contributed by atoms with van der Waals surface area (Å²) in [5.41, 5.74) is 0.752. The van der Waals surface area contributed by atoms with Crippen LogP contribution in [0, 0.1) is 5.92 Å². The lowest BCUT2D eigenvalue weighted by atomic mass is 9.93. The van der Waals surface area contributed by atoms with Gasteiger partial charge in [-0.3, -0.25) is 9.59 Å². The summed E-state index contributed by atoms with van der Waals surface area (Å²) in [6, 6.07) is 9.86. The average Bonchev–Trinajstić information content (AvgIpc) is 3.32. The molecule has 0 aromatic heterocycles. The van der Waals surface area contributed by atoms with Crippen LogP contribution in [0.2, 0.25) is 0 Å².